The number of nitrogens with zero attached hydrogens (tertiary/aromatic N) is 1. The van der Waals surface area contributed by atoms with E-state index < -0.39 is 8.80 Å². The molecule has 0 heterocycles. The molecule has 0 rings (SSSR count). The fourth-order valence-corrected chi connectivity index (χ4v) is 7.45. The summed E-state index contributed by atoms with van der Waals surface area (Å²) in [6, 6.07) is 0.953. The zero-order chi connectivity index (χ0) is 27.3. The maximum Gasteiger partial charge on any atom is 0.501 e. The molecule has 0 N–H and O–H groups in total. The van der Waals surface area contributed by atoms with Crippen LogP contribution in [0.15, 0.2) is 0 Å². The van der Waals surface area contributed by atoms with Gasteiger partial charge in [0.2, 0.25) is 0 Å². The van der Waals surface area contributed by atoms with Crippen molar-refractivity contribution in [3.63, 3.8) is 0 Å². The Hall–Kier alpha value is 0.0569. The van der Waals surface area contributed by atoms with Gasteiger partial charge in [-0.1, -0.05) is 136 Å². The van der Waals surface area contributed by atoms with Crippen molar-refractivity contribution in [1.82, 2.24) is 4.90 Å². The molecule has 0 fully saturated rings. The summed E-state index contributed by atoms with van der Waals surface area (Å²) >= 11 is 0. The molecule has 0 saturated heterocycles. The lowest BCUT2D eigenvalue weighted by molar-refractivity contribution is 0.0543. The molecule has 0 amide bonds. The van der Waals surface area contributed by atoms with Gasteiger partial charge in [0.1, 0.15) is 0 Å². The predicted molar refractivity (Wildman–Crippen MR) is 166 cm³/mol. The van der Waals surface area contributed by atoms with Gasteiger partial charge in [-0.15, -0.1) is 0 Å². The Bertz CT molecular complexity index is 386. The summed E-state index contributed by atoms with van der Waals surface area (Å²) in [6.45, 7) is 10.3. The lowest BCUT2D eigenvalue weighted by Crippen LogP contribution is -2.47. The Kier molecular flexibility index (Phi) is 29.1. The molecule has 0 aliphatic rings. The SMILES string of the molecule is CCCCCCCCCO[Si](CCCN(C)C)(OCCCCCCCCC)OCCCCCCCCC. The summed E-state index contributed by atoms with van der Waals surface area (Å²) in [5.74, 6) is 0. The van der Waals surface area contributed by atoms with Gasteiger partial charge >= 0.3 is 8.80 Å². The van der Waals surface area contributed by atoms with Crippen molar-refractivity contribution in [3.8, 4) is 0 Å². The summed E-state index contributed by atoms with van der Waals surface area (Å²) < 4.78 is 19.9. The first-order valence-electron chi connectivity index (χ1n) is 16.7. The topological polar surface area (TPSA) is 30.9 Å². The number of hydrogen-bond donors (Lipinski definition) is 0. The second kappa shape index (κ2) is 29.0. The molecule has 0 atom stereocenters. The van der Waals surface area contributed by atoms with E-state index in [-0.39, 0.29) is 0 Å². The molecule has 0 aromatic rings. The van der Waals surface area contributed by atoms with Crippen LogP contribution in [0.25, 0.3) is 0 Å². The van der Waals surface area contributed by atoms with Crippen LogP contribution in [-0.2, 0) is 13.3 Å². The highest BCUT2D eigenvalue weighted by Crippen LogP contribution is 2.22. The minimum absolute atomic E-state index is 0.802. The van der Waals surface area contributed by atoms with E-state index in [2.05, 4.69) is 39.8 Å². The second-order valence-electron chi connectivity index (χ2n) is 11.5. The molecule has 5 heteroatoms. The molecular weight excluding hydrogens is 474 g/mol. The van der Waals surface area contributed by atoms with Crippen molar-refractivity contribution in [2.45, 2.75) is 168 Å². The van der Waals surface area contributed by atoms with Crippen molar-refractivity contribution in [1.29, 1.82) is 0 Å². The third-order valence-electron chi connectivity index (χ3n) is 7.30. The van der Waals surface area contributed by atoms with Gasteiger partial charge in [0, 0.05) is 25.9 Å². The number of hydrogen-bond acceptors (Lipinski definition) is 4. The van der Waals surface area contributed by atoms with Gasteiger partial charge < -0.3 is 18.2 Å². The van der Waals surface area contributed by atoms with Crippen molar-refractivity contribution in [3.05, 3.63) is 0 Å². The van der Waals surface area contributed by atoms with E-state index in [1.165, 1.54) is 116 Å². The number of unbranched alkanes of at least 4 members (excludes halogenated alkanes) is 18. The quantitative estimate of drug-likeness (QED) is 0.0642. The zero-order valence-corrected chi connectivity index (χ0v) is 27.3. The summed E-state index contributed by atoms with van der Waals surface area (Å²) in [5, 5.41) is 0. The lowest BCUT2D eigenvalue weighted by atomic mass is 10.1. The Balaban J connectivity index is 4.71. The van der Waals surface area contributed by atoms with Crippen LogP contribution in [0, 0.1) is 0 Å². The summed E-state index contributed by atoms with van der Waals surface area (Å²) in [6.07, 6.45) is 28.6. The lowest BCUT2D eigenvalue weighted by Gasteiger charge is -2.30. The summed E-state index contributed by atoms with van der Waals surface area (Å²) in [4.78, 5) is 2.27. The van der Waals surface area contributed by atoms with Crippen LogP contribution in [0.2, 0.25) is 6.04 Å². The maximum absolute atomic E-state index is 6.63. The first-order chi connectivity index (χ1) is 18.1. The third kappa shape index (κ3) is 26.1. The minimum Gasteiger partial charge on any atom is -0.373 e. The molecule has 0 bridgehead atoms. The van der Waals surface area contributed by atoms with Gasteiger partial charge in [0.25, 0.3) is 0 Å². The van der Waals surface area contributed by atoms with Crippen LogP contribution in [0.1, 0.15) is 162 Å². The highest BCUT2D eigenvalue weighted by Gasteiger charge is 2.40. The molecule has 37 heavy (non-hydrogen) atoms. The fourth-order valence-electron chi connectivity index (χ4n) is 4.81. The van der Waals surface area contributed by atoms with Crippen LogP contribution in [0.3, 0.4) is 0 Å². The van der Waals surface area contributed by atoms with E-state index in [0.29, 0.717) is 0 Å². The van der Waals surface area contributed by atoms with Gasteiger partial charge in [0.15, 0.2) is 0 Å². The summed E-state index contributed by atoms with van der Waals surface area (Å²) in [5.41, 5.74) is 0. The Morgan fingerprint density at radius 2 is 0.703 bits per heavy atom. The molecule has 4 nitrogen and oxygen atoms in total. The Morgan fingerprint density at radius 3 is 1.00 bits per heavy atom. The first-order valence-corrected chi connectivity index (χ1v) is 18.6. The van der Waals surface area contributed by atoms with E-state index in [9.17, 15) is 0 Å². The van der Waals surface area contributed by atoms with Gasteiger partial charge in [-0.2, -0.15) is 0 Å². The van der Waals surface area contributed by atoms with E-state index in [4.69, 9.17) is 13.3 Å². The van der Waals surface area contributed by atoms with Gasteiger partial charge in [0.05, 0.1) is 0 Å². The molecule has 0 aromatic carbocycles. The summed E-state index contributed by atoms with van der Waals surface area (Å²) in [7, 11) is 1.68. The normalized spacial score (nSPS) is 12.2. The smallest absolute Gasteiger partial charge is 0.373 e. The van der Waals surface area contributed by atoms with E-state index >= 15 is 0 Å². The largest absolute Gasteiger partial charge is 0.501 e. The molecular formula is C32H69NO3Si. The number of rotatable bonds is 31. The minimum atomic E-state index is -2.63. The molecule has 0 aliphatic carbocycles. The zero-order valence-electron chi connectivity index (χ0n) is 26.3. The van der Waals surface area contributed by atoms with Crippen LogP contribution in [-0.4, -0.2) is 54.2 Å². The predicted octanol–water partition coefficient (Wildman–Crippen LogP) is 10.2. The Labute approximate surface area is 235 Å². The molecule has 0 saturated carbocycles. The van der Waals surface area contributed by atoms with Gasteiger partial charge in [-0.3, -0.25) is 0 Å². The fraction of sp³-hybridized carbons (Fsp3) is 1.00. The van der Waals surface area contributed by atoms with Crippen LogP contribution < -0.4 is 0 Å². The monoisotopic (exact) mass is 544 g/mol. The molecule has 0 radical (unpaired) electrons. The van der Waals surface area contributed by atoms with E-state index in [1.807, 2.05) is 0 Å². The molecule has 0 spiro atoms. The van der Waals surface area contributed by atoms with Crippen molar-refractivity contribution < 1.29 is 13.3 Å². The third-order valence-corrected chi connectivity index (χ3v) is 10.2. The molecule has 224 valence electrons. The Morgan fingerprint density at radius 1 is 0.405 bits per heavy atom. The molecule has 0 aromatic heterocycles. The van der Waals surface area contributed by atoms with Gasteiger partial charge in [-0.05, 0) is 46.3 Å². The molecule has 0 aliphatic heterocycles. The maximum atomic E-state index is 6.63. The van der Waals surface area contributed by atoms with Crippen LogP contribution in [0.4, 0.5) is 0 Å². The molecule has 0 unspecified atom stereocenters. The standard InChI is InChI=1S/C32H69NO3Si/c1-6-9-12-15-18-21-24-29-34-37(32-27-28-33(4)5,35-30-25-22-19-16-13-10-7-2)36-31-26-23-20-17-14-11-8-3/h6-32H2,1-5H3. The highest BCUT2D eigenvalue weighted by molar-refractivity contribution is 6.60. The van der Waals surface area contributed by atoms with Crippen molar-refractivity contribution in [2.75, 3.05) is 40.5 Å². The second-order valence-corrected chi connectivity index (χ2v) is 14.2. The van der Waals surface area contributed by atoms with Crippen molar-refractivity contribution >= 4 is 8.80 Å². The van der Waals surface area contributed by atoms with E-state index in [0.717, 1.165) is 58.1 Å². The van der Waals surface area contributed by atoms with E-state index in [1.54, 1.807) is 0 Å². The highest BCUT2D eigenvalue weighted by atomic mass is 28.4. The first kappa shape index (κ1) is 37.1. The average molecular weight is 544 g/mol. The van der Waals surface area contributed by atoms with Crippen LogP contribution in [0.5, 0.6) is 0 Å². The van der Waals surface area contributed by atoms with Crippen LogP contribution >= 0.6 is 0 Å². The van der Waals surface area contributed by atoms with Gasteiger partial charge in [-0.25, -0.2) is 0 Å². The van der Waals surface area contributed by atoms with Crippen molar-refractivity contribution in [2.24, 2.45) is 0 Å². The average Bonchev–Trinajstić information content (AvgIpc) is 2.88.